The highest BCUT2D eigenvalue weighted by Crippen LogP contribution is 2.29. The highest BCUT2D eigenvalue weighted by atomic mass is 32.2. The van der Waals surface area contributed by atoms with Crippen LogP contribution in [0.5, 0.6) is 0 Å². The van der Waals surface area contributed by atoms with E-state index in [0.29, 0.717) is 11.9 Å². The van der Waals surface area contributed by atoms with Crippen molar-refractivity contribution in [1.82, 2.24) is 9.88 Å². The topological polar surface area (TPSA) is 103 Å². The van der Waals surface area contributed by atoms with Crippen molar-refractivity contribution in [2.75, 3.05) is 35.8 Å². The summed E-state index contributed by atoms with van der Waals surface area (Å²) in [5, 5.41) is 9.87. The van der Waals surface area contributed by atoms with Gasteiger partial charge in [0, 0.05) is 19.1 Å². The molecule has 0 radical (unpaired) electrons. The van der Waals surface area contributed by atoms with E-state index in [4.69, 9.17) is 0 Å². The molecule has 0 saturated carbocycles. The number of aryl methyl sites for hydroxylation is 2. The third-order valence-corrected chi connectivity index (χ3v) is 9.03. The molecule has 2 fully saturated rings. The molecule has 1 aromatic carbocycles. The summed E-state index contributed by atoms with van der Waals surface area (Å²) in [7, 11) is -3.85. The van der Waals surface area contributed by atoms with Gasteiger partial charge in [0.2, 0.25) is 0 Å². The van der Waals surface area contributed by atoms with Crippen LogP contribution >= 0.6 is 0 Å². The molecule has 188 valence electrons. The summed E-state index contributed by atoms with van der Waals surface area (Å²) >= 11 is 0. The molecule has 1 aromatic heterocycles. The van der Waals surface area contributed by atoms with Gasteiger partial charge < -0.3 is 14.9 Å². The van der Waals surface area contributed by atoms with Crippen LogP contribution in [0.15, 0.2) is 35.4 Å². The predicted octanol–water partition coefficient (Wildman–Crippen LogP) is 3.91. The lowest BCUT2D eigenvalue weighted by atomic mass is 9.92. The molecule has 2 N–H and O–H groups in total. The first kappa shape index (κ1) is 24.1. The Hall–Kier alpha value is -2.65. The van der Waals surface area contributed by atoms with Gasteiger partial charge in [-0.05, 0) is 93.8 Å². The molecule has 5 rings (SSSR count). The first-order valence-corrected chi connectivity index (χ1v) is 14.3. The van der Waals surface area contributed by atoms with Crippen molar-refractivity contribution in [2.24, 2.45) is 0 Å². The Labute approximate surface area is 207 Å². The van der Waals surface area contributed by atoms with Crippen molar-refractivity contribution in [1.29, 1.82) is 0 Å². The molecule has 0 amide bonds. The van der Waals surface area contributed by atoms with E-state index in [1.807, 2.05) is 11.0 Å². The molecule has 3 heterocycles. The average Bonchev–Trinajstić information content (AvgIpc) is 2.89. The zero-order valence-corrected chi connectivity index (χ0v) is 20.9. The van der Waals surface area contributed by atoms with Crippen LogP contribution in [-0.2, 0) is 22.9 Å². The second kappa shape index (κ2) is 10.1. The van der Waals surface area contributed by atoms with E-state index in [9.17, 15) is 18.3 Å². The molecule has 0 spiro atoms. The summed E-state index contributed by atoms with van der Waals surface area (Å²) in [5.41, 5.74) is 2.46. The van der Waals surface area contributed by atoms with E-state index in [1.54, 1.807) is 12.1 Å². The van der Waals surface area contributed by atoms with Gasteiger partial charge in [-0.3, -0.25) is 4.72 Å². The van der Waals surface area contributed by atoms with Crippen molar-refractivity contribution >= 4 is 27.5 Å². The number of likely N-dealkylation sites (tertiary alicyclic amines) is 1. The molecule has 0 bridgehead atoms. The number of hydrogen-bond donors (Lipinski definition) is 2. The van der Waals surface area contributed by atoms with E-state index >= 15 is 0 Å². The number of fused-ring (bicyclic) bond motifs is 1. The minimum Gasteiger partial charge on any atom is -0.478 e. The SMILES string of the molecule is O=C(O)c1cc(NS(=O)(=O)c2ccc3c(c2)CCCC3)cnc1N1CCC(N2CCCCC2)CC1. The van der Waals surface area contributed by atoms with E-state index < -0.39 is 16.0 Å². The van der Waals surface area contributed by atoms with Crippen LogP contribution in [0.2, 0.25) is 0 Å². The van der Waals surface area contributed by atoms with Crippen molar-refractivity contribution in [3.05, 3.63) is 47.2 Å². The largest absolute Gasteiger partial charge is 0.478 e. The summed E-state index contributed by atoms with van der Waals surface area (Å²) < 4.78 is 28.6. The molecule has 8 nitrogen and oxygen atoms in total. The van der Waals surface area contributed by atoms with Crippen LogP contribution < -0.4 is 9.62 Å². The Morgan fingerprint density at radius 3 is 2.37 bits per heavy atom. The molecule has 2 aliphatic heterocycles. The number of aromatic nitrogens is 1. The molecule has 0 atom stereocenters. The van der Waals surface area contributed by atoms with Crippen LogP contribution in [0.4, 0.5) is 11.5 Å². The molecule has 9 heteroatoms. The number of anilines is 2. The van der Waals surface area contributed by atoms with Gasteiger partial charge >= 0.3 is 5.97 Å². The number of carboxylic acids is 1. The Balaban J connectivity index is 1.31. The van der Waals surface area contributed by atoms with Gasteiger partial charge in [0.15, 0.2) is 0 Å². The van der Waals surface area contributed by atoms with Crippen LogP contribution in [0.1, 0.15) is 66.4 Å². The lowest BCUT2D eigenvalue weighted by molar-refractivity contribution is 0.0697. The van der Waals surface area contributed by atoms with Crippen LogP contribution in [0.25, 0.3) is 0 Å². The molecular weight excluding hydrogens is 464 g/mol. The summed E-state index contributed by atoms with van der Waals surface area (Å²) in [6.45, 7) is 3.80. The minimum atomic E-state index is -3.85. The smallest absolute Gasteiger partial charge is 0.339 e. The maximum absolute atomic E-state index is 13.0. The van der Waals surface area contributed by atoms with Gasteiger partial charge in [0.25, 0.3) is 10.0 Å². The van der Waals surface area contributed by atoms with E-state index in [1.165, 1.54) is 37.1 Å². The number of nitrogens with zero attached hydrogens (tertiary/aromatic N) is 3. The van der Waals surface area contributed by atoms with Crippen LogP contribution in [0.3, 0.4) is 0 Å². The number of piperidine rings is 2. The minimum absolute atomic E-state index is 0.0204. The maximum Gasteiger partial charge on any atom is 0.339 e. The number of aromatic carboxylic acids is 1. The van der Waals surface area contributed by atoms with Crippen LogP contribution in [0, 0.1) is 0 Å². The second-order valence-electron chi connectivity index (χ2n) is 9.96. The van der Waals surface area contributed by atoms with Crippen molar-refractivity contribution < 1.29 is 18.3 Å². The third kappa shape index (κ3) is 5.30. The zero-order valence-electron chi connectivity index (χ0n) is 20.1. The number of rotatable bonds is 6. The second-order valence-corrected chi connectivity index (χ2v) is 11.6. The Morgan fingerprint density at radius 1 is 0.943 bits per heavy atom. The summed E-state index contributed by atoms with van der Waals surface area (Å²) in [6.07, 6.45) is 11.3. The quantitative estimate of drug-likeness (QED) is 0.622. The number of carbonyl (C=O) groups is 1. The van der Waals surface area contributed by atoms with E-state index in [2.05, 4.69) is 14.6 Å². The summed E-state index contributed by atoms with van der Waals surface area (Å²) in [4.78, 5) is 21.3. The molecule has 2 saturated heterocycles. The van der Waals surface area contributed by atoms with Crippen LogP contribution in [-0.4, -0.2) is 61.6 Å². The lowest BCUT2D eigenvalue weighted by Gasteiger charge is -2.40. The standard InChI is InChI=1S/C26H34N4O4S/c31-26(32)24-17-21(28-35(33,34)23-9-8-19-6-2-3-7-20(19)16-23)18-27-25(24)30-14-10-22(11-15-30)29-12-4-1-5-13-29/h8-9,16-18,22,28H,1-7,10-15H2,(H,31,32). The first-order chi connectivity index (χ1) is 16.9. The fourth-order valence-corrected chi connectivity index (χ4v) is 6.82. The van der Waals surface area contributed by atoms with Gasteiger partial charge in [-0.15, -0.1) is 0 Å². The zero-order chi connectivity index (χ0) is 24.4. The highest BCUT2D eigenvalue weighted by molar-refractivity contribution is 7.92. The Kier molecular flexibility index (Phi) is 6.98. The lowest BCUT2D eigenvalue weighted by Crippen LogP contribution is -2.47. The Morgan fingerprint density at radius 2 is 1.66 bits per heavy atom. The van der Waals surface area contributed by atoms with Crippen molar-refractivity contribution in [3.63, 3.8) is 0 Å². The number of nitrogens with one attached hydrogen (secondary N) is 1. The van der Waals surface area contributed by atoms with Gasteiger partial charge in [0.1, 0.15) is 11.4 Å². The Bertz CT molecular complexity index is 1190. The molecule has 35 heavy (non-hydrogen) atoms. The number of hydrogen-bond acceptors (Lipinski definition) is 6. The maximum atomic E-state index is 13.0. The number of pyridine rings is 1. The van der Waals surface area contributed by atoms with Gasteiger partial charge in [-0.2, -0.15) is 0 Å². The van der Waals surface area contributed by atoms with E-state index in [-0.39, 0.29) is 16.1 Å². The van der Waals surface area contributed by atoms with Gasteiger partial charge in [0.05, 0.1) is 16.8 Å². The number of benzene rings is 1. The predicted molar refractivity (Wildman–Crippen MR) is 136 cm³/mol. The monoisotopic (exact) mass is 498 g/mol. The van der Waals surface area contributed by atoms with Crippen molar-refractivity contribution in [2.45, 2.75) is 68.7 Å². The fraction of sp³-hybridized carbons (Fsp3) is 0.538. The van der Waals surface area contributed by atoms with Gasteiger partial charge in [-0.1, -0.05) is 12.5 Å². The molecule has 0 unspecified atom stereocenters. The molecule has 2 aromatic rings. The number of sulfonamides is 1. The first-order valence-electron chi connectivity index (χ1n) is 12.8. The fourth-order valence-electron chi connectivity index (χ4n) is 5.74. The molecule has 3 aliphatic rings. The van der Waals surface area contributed by atoms with E-state index in [0.717, 1.165) is 70.3 Å². The average molecular weight is 499 g/mol. The summed E-state index contributed by atoms with van der Waals surface area (Å²) in [5.74, 6) is -0.702. The molecule has 1 aliphatic carbocycles. The summed E-state index contributed by atoms with van der Waals surface area (Å²) in [6, 6.07) is 7.18. The van der Waals surface area contributed by atoms with Gasteiger partial charge in [-0.25, -0.2) is 18.2 Å². The highest BCUT2D eigenvalue weighted by Gasteiger charge is 2.28. The molecular formula is C26H34N4O4S. The normalized spacial score (nSPS) is 19.8. The number of carboxylic acid groups (broad SMARTS) is 1. The third-order valence-electron chi connectivity index (χ3n) is 7.65. The van der Waals surface area contributed by atoms with Crippen molar-refractivity contribution in [3.8, 4) is 0 Å².